The van der Waals surface area contributed by atoms with Crippen LogP contribution < -0.4 is 9.80 Å². The predicted molar refractivity (Wildman–Crippen MR) is 105 cm³/mol. The summed E-state index contributed by atoms with van der Waals surface area (Å²) in [6.07, 6.45) is -0.346. The monoisotopic (exact) mass is 401 g/mol. The molecule has 1 saturated heterocycles. The van der Waals surface area contributed by atoms with E-state index in [9.17, 15) is 14.7 Å². The first kappa shape index (κ1) is 19.1. The van der Waals surface area contributed by atoms with Crippen molar-refractivity contribution in [2.45, 2.75) is 12.0 Å². The van der Waals surface area contributed by atoms with Gasteiger partial charge in [-0.15, -0.1) is 0 Å². The molecule has 28 heavy (non-hydrogen) atoms. The Morgan fingerprint density at radius 2 is 1.82 bits per heavy atom. The fourth-order valence-electron chi connectivity index (χ4n) is 3.89. The number of anilines is 1. The highest BCUT2D eigenvalue weighted by Gasteiger charge is 2.51. The van der Waals surface area contributed by atoms with E-state index in [1.54, 1.807) is 41.3 Å². The first-order valence-corrected chi connectivity index (χ1v) is 9.71. The molecule has 0 radical (unpaired) electrons. The number of para-hydroxylation sites is 1. The van der Waals surface area contributed by atoms with Crippen molar-refractivity contribution in [1.82, 2.24) is 0 Å². The molecule has 1 atom stereocenters. The van der Waals surface area contributed by atoms with Gasteiger partial charge < -0.3 is 14.7 Å². The normalized spacial score (nSPS) is 22.4. The molecule has 6 nitrogen and oxygen atoms in total. The van der Waals surface area contributed by atoms with Crippen molar-refractivity contribution >= 4 is 29.0 Å². The van der Waals surface area contributed by atoms with Crippen LogP contribution in [0, 0.1) is 0 Å². The number of hydrogen-bond acceptors (Lipinski definition) is 4. The lowest BCUT2D eigenvalue weighted by Gasteiger charge is -2.29. The van der Waals surface area contributed by atoms with Gasteiger partial charge in [0.25, 0.3) is 5.91 Å². The fraction of sp³-hybridized carbons (Fsp3) is 0.333. The summed E-state index contributed by atoms with van der Waals surface area (Å²) in [7, 11) is 0. The molecular weight excluding hydrogens is 380 g/mol. The van der Waals surface area contributed by atoms with Crippen molar-refractivity contribution in [2.75, 3.05) is 37.9 Å². The lowest BCUT2D eigenvalue weighted by Crippen LogP contribution is -3.15. The van der Waals surface area contributed by atoms with E-state index in [0.717, 1.165) is 13.1 Å². The lowest BCUT2D eigenvalue weighted by molar-refractivity contribution is -0.906. The van der Waals surface area contributed by atoms with Crippen molar-refractivity contribution in [3.8, 4) is 0 Å². The minimum atomic E-state index is -1.89. The van der Waals surface area contributed by atoms with E-state index in [2.05, 4.69) is 0 Å². The molecule has 2 heterocycles. The van der Waals surface area contributed by atoms with Gasteiger partial charge in [0.1, 0.15) is 13.1 Å². The Morgan fingerprint density at radius 1 is 1.14 bits per heavy atom. The number of halogens is 1. The Labute approximate surface area is 168 Å². The van der Waals surface area contributed by atoms with Gasteiger partial charge in [-0.3, -0.25) is 14.5 Å². The number of hydrogen-bond donors (Lipinski definition) is 2. The summed E-state index contributed by atoms with van der Waals surface area (Å²) in [6, 6.07) is 13.8. The van der Waals surface area contributed by atoms with Crippen LogP contribution in [0.15, 0.2) is 48.5 Å². The number of amides is 1. The number of carbonyl (C=O) groups is 2. The average molecular weight is 402 g/mol. The number of carbonyl (C=O) groups excluding carboxylic acids is 2. The van der Waals surface area contributed by atoms with Crippen LogP contribution in [0.3, 0.4) is 0 Å². The van der Waals surface area contributed by atoms with Gasteiger partial charge in [-0.1, -0.05) is 41.9 Å². The molecule has 0 aliphatic carbocycles. The SMILES string of the molecule is O=C(C[C@]1(O)C(=O)N(C[NH+]2CCOCC2)c2ccccc21)c1ccccc1Cl. The summed E-state index contributed by atoms with van der Waals surface area (Å²) >= 11 is 6.13. The summed E-state index contributed by atoms with van der Waals surface area (Å²) < 4.78 is 5.38. The second kappa shape index (κ2) is 7.64. The first-order chi connectivity index (χ1) is 13.5. The van der Waals surface area contributed by atoms with Crippen LogP contribution in [-0.2, 0) is 15.1 Å². The highest BCUT2D eigenvalue weighted by molar-refractivity contribution is 6.34. The largest absolute Gasteiger partial charge is 0.375 e. The van der Waals surface area contributed by atoms with E-state index >= 15 is 0 Å². The van der Waals surface area contributed by atoms with Gasteiger partial charge in [0.15, 0.2) is 18.1 Å². The minimum Gasteiger partial charge on any atom is -0.375 e. The molecule has 2 N–H and O–H groups in total. The van der Waals surface area contributed by atoms with Gasteiger partial charge >= 0.3 is 0 Å². The third kappa shape index (κ3) is 3.33. The highest BCUT2D eigenvalue weighted by Crippen LogP contribution is 2.42. The summed E-state index contributed by atoms with van der Waals surface area (Å²) in [4.78, 5) is 28.9. The second-order valence-electron chi connectivity index (χ2n) is 7.21. The summed E-state index contributed by atoms with van der Waals surface area (Å²) in [5.74, 6) is -0.829. The standard InChI is InChI=1S/C21H21ClN2O4/c22-17-7-3-1-5-15(17)19(25)13-21(27)16-6-2-4-8-18(16)24(20(21)26)14-23-9-11-28-12-10-23/h1-8,27H,9-14H2/p+1/t21-/m1/s1. The fourth-order valence-corrected chi connectivity index (χ4v) is 4.13. The number of quaternary nitrogens is 1. The molecule has 0 spiro atoms. The van der Waals surface area contributed by atoms with E-state index in [4.69, 9.17) is 16.3 Å². The zero-order valence-electron chi connectivity index (χ0n) is 15.4. The van der Waals surface area contributed by atoms with E-state index in [-0.39, 0.29) is 12.2 Å². The maximum absolute atomic E-state index is 13.3. The van der Waals surface area contributed by atoms with Gasteiger partial charge in [-0.2, -0.15) is 0 Å². The lowest BCUT2D eigenvalue weighted by atomic mass is 9.88. The molecule has 146 valence electrons. The van der Waals surface area contributed by atoms with Crippen LogP contribution in [0.25, 0.3) is 0 Å². The zero-order chi connectivity index (χ0) is 19.7. The molecule has 4 rings (SSSR count). The molecule has 7 heteroatoms. The number of aliphatic hydroxyl groups is 1. The smallest absolute Gasteiger partial charge is 0.268 e. The molecule has 2 aromatic carbocycles. The first-order valence-electron chi connectivity index (χ1n) is 9.33. The molecular formula is C21H22ClN2O4+. The van der Waals surface area contributed by atoms with E-state index in [1.165, 1.54) is 4.90 Å². The van der Waals surface area contributed by atoms with Crippen LogP contribution in [0.5, 0.6) is 0 Å². The van der Waals surface area contributed by atoms with Crippen LogP contribution >= 0.6 is 11.6 Å². The van der Waals surface area contributed by atoms with Crippen molar-refractivity contribution in [1.29, 1.82) is 0 Å². The topological polar surface area (TPSA) is 71.3 Å². The molecule has 1 fully saturated rings. The van der Waals surface area contributed by atoms with Crippen LogP contribution in [0.4, 0.5) is 5.69 Å². The average Bonchev–Trinajstić information content (AvgIpc) is 2.91. The molecule has 0 aromatic heterocycles. The van der Waals surface area contributed by atoms with E-state index < -0.39 is 11.5 Å². The third-order valence-corrected chi connectivity index (χ3v) is 5.74. The van der Waals surface area contributed by atoms with Crippen LogP contribution in [0.1, 0.15) is 22.3 Å². The second-order valence-corrected chi connectivity index (χ2v) is 7.62. The molecule has 0 unspecified atom stereocenters. The molecule has 2 aliphatic heterocycles. The summed E-state index contributed by atoms with van der Waals surface area (Å²) in [5, 5.41) is 11.7. The van der Waals surface area contributed by atoms with Gasteiger partial charge in [0.05, 0.1) is 30.3 Å². The Morgan fingerprint density at radius 3 is 2.57 bits per heavy atom. The Kier molecular flexibility index (Phi) is 5.21. The van der Waals surface area contributed by atoms with Crippen LogP contribution in [-0.4, -0.2) is 49.8 Å². The number of ether oxygens (including phenoxy) is 1. The number of fused-ring (bicyclic) bond motifs is 1. The van der Waals surface area contributed by atoms with Crippen LogP contribution in [0.2, 0.25) is 5.02 Å². The minimum absolute atomic E-state index is 0.306. The quantitative estimate of drug-likeness (QED) is 0.734. The number of benzene rings is 2. The number of nitrogens with zero attached hydrogens (tertiary/aromatic N) is 1. The number of ketones is 1. The zero-order valence-corrected chi connectivity index (χ0v) is 16.1. The van der Waals surface area contributed by atoms with Gasteiger partial charge in [0.2, 0.25) is 0 Å². The predicted octanol–water partition coefficient (Wildman–Crippen LogP) is 1.02. The van der Waals surface area contributed by atoms with Gasteiger partial charge in [-0.25, -0.2) is 0 Å². The molecule has 2 aromatic rings. The van der Waals surface area contributed by atoms with Crippen molar-refractivity contribution in [2.24, 2.45) is 0 Å². The van der Waals surface area contributed by atoms with Gasteiger partial charge in [0, 0.05) is 11.1 Å². The maximum Gasteiger partial charge on any atom is 0.268 e. The van der Waals surface area contributed by atoms with Crippen molar-refractivity contribution < 1.29 is 24.3 Å². The Bertz CT molecular complexity index is 913. The van der Waals surface area contributed by atoms with Gasteiger partial charge in [-0.05, 0) is 18.2 Å². The van der Waals surface area contributed by atoms with Crippen molar-refractivity contribution in [3.05, 3.63) is 64.7 Å². The number of Topliss-reactive ketones (excluding diaryl/α,β-unsaturated/α-hetero) is 1. The molecule has 2 aliphatic rings. The maximum atomic E-state index is 13.3. The summed E-state index contributed by atoms with van der Waals surface area (Å²) in [6.45, 7) is 3.32. The Balaban J connectivity index is 1.64. The highest BCUT2D eigenvalue weighted by atomic mass is 35.5. The van der Waals surface area contributed by atoms with E-state index in [0.29, 0.717) is 41.7 Å². The molecule has 0 bridgehead atoms. The Hall–Kier alpha value is -2.25. The number of morpholine rings is 1. The summed E-state index contributed by atoms with van der Waals surface area (Å²) in [5.41, 5.74) is -0.465. The van der Waals surface area contributed by atoms with Crippen molar-refractivity contribution in [3.63, 3.8) is 0 Å². The molecule has 0 saturated carbocycles. The van der Waals surface area contributed by atoms with E-state index in [1.807, 2.05) is 12.1 Å². The molecule has 1 amide bonds. The number of rotatable bonds is 5. The number of nitrogens with one attached hydrogen (secondary N) is 1. The third-order valence-electron chi connectivity index (χ3n) is 5.41.